The second kappa shape index (κ2) is 7.96. The normalized spacial score (nSPS) is 10.6. The summed E-state index contributed by atoms with van der Waals surface area (Å²) < 4.78 is 19.0. The average molecular weight is 309 g/mol. The summed E-state index contributed by atoms with van der Waals surface area (Å²) >= 11 is 6.10. The van der Waals surface area contributed by atoms with Crippen molar-refractivity contribution < 1.29 is 9.13 Å². The number of nitrogens with zero attached hydrogens (tertiary/aromatic N) is 1. The monoisotopic (exact) mass is 308 g/mol. The molecule has 3 nitrogen and oxygen atoms in total. The Hall–Kier alpha value is -1.65. The van der Waals surface area contributed by atoms with Gasteiger partial charge in [-0.05, 0) is 25.1 Å². The van der Waals surface area contributed by atoms with Crippen LogP contribution in [0.4, 0.5) is 4.39 Å². The van der Waals surface area contributed by atoms with Crippen molar-refractivity contribution >= 4 is 11.6 Å². The van der Waals surface area contributed by atoms with E-state index in [-0.39, 0.29) is 12.4 Å². The highest BCUT2D eigenvalue weighted by Gasteiger charge is 2.06. The lowest BCUT2D eigenvalue weighted by Gasteiger charge is -2.09. The molecular weight excluding hydrogens is 291 g/mol. The topological polar surface area (TPSA) is 34.2 Å². The fourth-order valence-electron chi connectivity index (χ4n) is 1.82. The standard InChI is InChI=1S/C16H18ClFN2O/c1-2-9-19-10-15-13(17)7-8-16(20-15)21-11-12-5-3-4-6-14(12)18/h3-8,19H,2,9-11H2,1H3. The van der Waals surface area contributed by atoms with Crippen molar-refractivity contribution in [1.29, 1.82) is 0 Å². The Bertz CT molecular complexity index is 592. The Morgan fingerprint density at radius 2 is 2.05 bits per heavy atom. The van der Waals surface area contributed by atoms with Gasteiger partial charge in [-0.15, -0.1) is 0 Å². The molecule has 1 aromatic carbocycles. The molecular formula is C16H18ClFN2O. The molecule has 0 spiro atoms. The summed E-state index contributed by atoms with van der Waals surface area (Å²) in [6.45, 7) is 3.72. The molecule has 2 aromatic rings. The van der Waals surface area contributed by atoms with Crippen LogP contribution in [-0.4, -0.2) is 11.5 Å². The van der Waals surface area contributed by atoms with E-state index >= 15 is 0 Å². The lowest BCUT2D eigenvalue weighted by atomic mass is 10.2. The summed E-state index contributed by atoms with van der Waals surface area (Å²) in [7, 11) is 0. The van der Waals surface area contributed by atoms with Crippen LogP contribution in [0.1, 0.15) is 24.6 Å². The first-order chi connectivity index (χ1) is 10.2. The largest absolute Gasteiger partial charge is 0.473 e. The van der Waals surface area contributed by atoms with Crippen LogP contribution in [0.5, 0.6) is 5.88 Å². The molecule has 2 rings (SSSR count). The molecule has 0 atom stereocenters. The summed E-state index contributed by atoms with van der Waals surface area (Å²) in [5.41, 5.74) is 1.23. The molecule has 21 heavy (non-hydrogen) atoms. The molecule has 0 radical (unpaired) electrons. The van der Waals surface area contributed by atoms with Gasteiger partial charge >= 0.3 is 0 Å². The van der Waals surface area contributed by atoms with Crippen molar-refractivity contribution in [1.82, 2.24) is 10.3 Å². The van der Waals surface area contributed by atoms with Crippen LogP contribution in [0.3, 0.4) is 0 Å². The zero-order chi connectivity index (χ0) is 15.1. The highest BCUT2D eigenvalue weighted by atomic mass is 35.5. The molecule has 1 heterocycles. The van der Waals surface area contributed by atoms with E-state index in [1.54, 1.807) is 30.3 Å². The third-order valence-corrected chi connectivity index (χ3v) is 3.29. The molecule has 1 aromatic heterocycles. The maximum Gasteiger partial charge on any atom is 0.213 e. The second-order valence-corrected chi connectivity index (χ2v) is 5.04. The van der Waals surface area contributed by atoms with E-state index in [1.807, 2.05) is 0 Å². The van der Waals surface area contributed by atoms with Gasteiger partial charge in [0.15, 0.2) is 0 Å². The van der Waals surface area contributed by atoms with Crippen LogP contribution in [0, 0.1) is 5.82 Å². The molecule has 0 aliphatic carbocycles. The molecule has 0 saturated carbocycles. The molecule has 1 N–H and O–H groups in total. The predicted molar refractivity (Wildman–Crippen MR) is 82.0 cm³/mol. The minimum absolute atomic E-state index is 0.142. The number of benzene rings is 1. The molecule has 0 fully saturated rings. The van der Waals surface area contributed by atoms with Crippen LogP contribution in [0.15, 0.2) is 36.4 Å². The Labute approximate surface area is 129 Å². The van der Waals surface area contributed by atoms with Gasteiger partial charge in [0.25, 0.3) is 0 Å². The smallest absolute Gasteiger partial charge is 0.213 e. The molecule has 5 heteroatoms. The summed E-state index contributed by atoms with van der Waals surface area (Å²) in [4.78, 5) is 4.35. The number of nitrogens with one attached hydrogen (secondary N) is 1. The van der Waals surface area contributed by atoms with E-state index in [2.05, 4.69) is 17.2 Å². The van der Waals surface area contributed by atoms with Gasteiger partial charge in [-0.3, -0.25) is 0 Å². The highest BCUT2D eigenvalue weighted by molar-refractivity contribution is 6.31. The van der Waals surface area contributed by atoms with Crippen LogP contribution in [-0.2, 0) is 13.2 Å². The Morgan fingerprint density at radius 1 is 1.24 bits per heavy atom. The van der Waals surface area contributed by atoms with E-state index in [0.717, 1.165) is 18.7 Å². The van der Waals surface area contributed by atoms with E-state index in [9.17, 15) is 4.39 Å². The number of hydrogen-bond acceptors (Lipinski definition) is 3. The van der Waals surface area contributed by atoms with E-state index in [0.29, 0.717) is 23.0 Å². The van der Waals surface area contributed by atoms with Crippen molar-refractivity contribution in [3.8, 4) is 5.88 Å². The van der Waals surface area contributed by atoms with Gasteiger partial charge in [-0.1, -0.05) is 36.7 Å². The van der Waals surface area contributed by atoms with Gasteiger partial charge < -0.3 is 10.1 Å². The number of halogens is 2. The molecule has 0 saturated heterocycles. The van der Waals surface area contributed by atoms with Gasteiger partial charge in [-0.2, -0.15) is 0 Å². The summed E-state index contributed by atoms with van der Waals surface area (Å²) in [6, 6.07) is 9.96. The summed E-state index contributed by atoms with van der Waals surface area (Å²) in [5, 5.41) is 3.83. The lowest BCUT2D eigenvalue weighted by molar-refractivity contribution is 0.287. The van der Waals surface area contributed by atoms with Gasteiger partial charge in [0.2, 0.25) is 5.88 Å². The van der Waals surface area contributed by atoms with Crippen molar-refractivity contribution in [3.05, 3.63) is 58.5 Å². The van der Waals surface area contributed by atoms with E-state index in [4.69, 9.17) is 16.3 Å². The molecule has 0 aliphatic heterocycles. The quantitative estimate of drug-likeness (QED) is 0.786. The minimum atomic E-state index is -0.281. The van der Waals surface area contributed by atoms with E-state index < -0.39 is 0 Å². The lowest BCUT2D eigenvalue weighted by Crippen LogP contribution is -2.15. The van der Waals surface area contributed by atoms with Crippen molar-refractivity contribution in [2.75, 3.05) is 6.54 Å². The molecule has 0 unspecified atom stereocenters. The second-order valence-electron chi connectivity index (χ2n) is 4.63. The Balaban J connectivity index is 2.00. The fourth-order valence-corrected chi connectivity index (χ4v) is 1.99. The number of hydrogen-bond donors (Lipinski definition) is 1. The van der Waals surface area contributed by atoms with Gasteiger partial charge in [0.1, 0.15) is 12.4 Å². The molecule has 112 valence electrons. The molecule has 0 bridgehead atoms. The Kier molecular flexibility index (Phi) is 5.96. The van der Waals surface area contributed by atoms with Crippen molar-refractivity contribution in [2.45, 2.75) is 26.5 Å². The maximum atomic E-state index is 13.5. The van der Waals surface area contributed by atoms with Gasteiger partial charge in [0.05, 0.1) is 10.7 Å². The highest BCUT2D eigenvalue weighted by Crippen LogP contribution is 2.19. The summed E-state index contributed by atoms with van der Waals surface area (Å²) in [6.07, 6.45) is 1.04. The Morgan fingerprint density at radius 3 is 2.81 bits per heavy atom. The number of rotatable bonds is 7. The third-order valence-electron chi connectivity index (χ3n) is 2.95. The molecule has 0 aliphatic rings. The predicted octanol–water partition coefficient (Wildman–Crippen LogP) is 3.95. The zero-order valence-electron chi connectivity index (χ0n) is 11.9. The first-order valence-corrected chi connectivity index (χ1v) is 7.31. The van der Waals surface area contributed by atoms with Crippen LogP contribution in [0.2, 0.25) is 5.02 Å². The van der Waals surface area contributed by atoms with Gasteiger partial charge in [0, 0.05) is 18.2 Å². The fraction of sp³-hybridized carbons (Fsp3) is 0.312. The number of ether oxygens (including phenoxy) is 1. The SMILES string of the molecule is CCCNCc1nc(OCc2ccccc2F)ccc1Cl. The van der Waals surface area contributed by atoms with Crippen molar-refractivity contribution in [2.24, 2.45) is 0 Å². The third kappa shape index (κ3) is 4.69. The van der Waals surface area contributed by atoms with Crippen LogP contribution >= 0.6 is 11.6 Å². The zero-order valence-corrected chi connectivity index (χ0v) is 12.7. The van der Waals surface area contributed by atoms with Crippen LogP contribution < -0.4 is 10.1 Å². The minimum Gasteiger partial charge on any atom is -0.473 e. The summed E-state index contributed by atoms with van der Waals surface area (Å²) in [5.74, 6) is 0.159. The van der Waals surface area contributed by atoms with Crippen LogP contribution in [0.25, 0.3) is 0 Å². The maximum absolute atomic E-state index is 13.5. The van der Waals surface area contributed by atoms with Crippen molar-refractivity contribution in [3.63, 3.8) is 0 Å². The first kappa shape index (κ1) is 15.7. The number of aromatic nitrogens is 1. The van der Waals surface area contributed by atoms with E-state index in [1.165, 1.54) is 6.07 Å². The average Bonchev–Trinajstić information content (AvgIpc) is 2.49. The first-order valence-electron chi connectivity index (χ1n) is 6.93. The molecule has 0 amide bonds. The number of pyridine rings is 1. The van der Waals surface area contributed by atoms with Gasteiger partial charge in [-0.25, -0.2) is 9.37 Å².